The van der Waals surface area contributed by atoms with E-state index in [1.54, 1.807) is 0 Å². The molecule has 0 aromatic carbocycles. The van der Waals surface area contributed by atoms with E-state index in [2.05, 4.69) is 17.1 Å². The Morgan fingerprint density at radius 3 is 2.44 bits per heavy atom. The van der Waals surface area contributed by atoms with E-state index in [1.807, 2.05) is 4.90 Å². The lowest BCUT2D eigenvalue weighted by Gasteiger charge is -2.33. The third-order valence-corrected chi connectivity index (χ3v) is 4.14. The van der Waals surface area contributed by atoms with Crippen LogP contribution in [-0.2, 0) is 0 Å². The molecule has 0 bridgehead atoms. The van der Waals surface area contributed by atoms with Gasteiger partial charge in [-0.05, 0) is 51.1 Å². The fourth-order valence-corrected chi connectivity index (χ4v) is 2.99. The van der Waals surface area contributed by atoms with Gasteiger partial charge in [0.15, 0.2) is 0 Å². The summed E-state index contributed by atoms with van der Waals surface area (Å²) >= 11 is 0. The van der Waals surface area contributed by atoms with Gasteiger partial charge in [0.25, 0.3) is 0 Å². The number of hydrogen-bond acceptors (Lipinski definition) is 2. The number of nitrogens with zero attached hydrogens (tertiary/aromatic N) is 2. The fourth-order valence-electron chi connectivity index (χ4n) is 2.99. The molecule has 0 aromatic heterocycles. The number of likely N-dealkylation sites (tertiary alicyclic amines) is 2. The quantitative estimate of drug-likeness (QED) is 0.831. The third kappa shape index (κ3) is 3.87. The van der Waals surface area contributed by atoms with E-state index in [4.69, 9.17) is 0 Å². The first-order valence-corrected chi connectivity index (χ1v) is 7.54. The molecule has 18 heavy (non-hydrogen) atoms. The summed E-state index contributed by atoms with van der Waals surface area (Å²) in [5.41, 5.74) is 0. The zero-order valence-corrected chi connectivity index (χ0v) is 11.7. The highest BCUT2D eigenvalue weighted by Crippen LogP contribution is 2.20. The van der Waals surface area contributed by atoms with E-state index in [9.17, 15) is 4.79 Å². The number of piperidine rings is 1. The summed E-state index contributed by atoms with van der Waals surface area (Å²) in [6.45, 7) is 8.59. The number of rotatable bonds is 4. The molecule has 2 amide bonds. The van der Waals surface area contributed by atoms with Crippen LogP contribution in [0.4, 0.5) is 4.79 Å². The second-order valence-corrected chi connectivity index (χ2v) is 5.67. The van der Waals surface area contributed by atoms with Gasteiger partial charge in [0, 0.05) is 26.2 Å². The average molecular weight is 253 g/mol. The van der Waals surface area contributed by atoms with E-state index >= 15 is 0 Å². The molecule has 1 N–H and O–H groups in total. The number of carbonyl (C=O) groups excluding carboxylic acids is 1. The first-order valence-electron chi connectivity index (χ1n) is 7.54. The van der Waals surface area contributed by atoms with Crippen LogP contribution < -0.4 is 5.32 Å². The maximum Gasteiger partial charge on any atom is 0.317 e. The Hall–Kier alpha value is -0.770. The Kier molecular flexibility index (Phi) is 5.29. The molecule has 0 unspecified atom stereocenters. The highest BCUT2D eigenvalue weighted by Gasteiger charge is 2.24. The van der Waals surface area contributed by atoms with Crippen molar-refractivity contribution >= 4 is 6.03 Å². The molecule has 2 saturated heterocycles. The Bertz CT molecular complexity index is 256. The number of urea groups is 1. The zero-order chi connectivity index (χ0) is 12.8. The summed E-state index contributed by atoms with van der Waals surface area (Å²) in [5.74, 6) is 0.804. The maximum atomic E-state index is 11.8. The van der Waals surface area contributed by atoms with Crippen LogP contribution in [0, 0.1) is 5.92 Å². The first kappa shape index (κ1) is 13.7. The maximum absolute atomic E-state index is 11.8. The van der Waals surface area contributed by atoms with Crippen molar-refractivity contribution in [3.05, 3.63) is 0 Å². The summed E-state index contributed by atoms with van der Waals surface area (Å²) in [6, 6.07) is 0.136. The lowest BCUT2D eigenvalue weighted by Crippen LogP contribution is -2.46. The summed E-state index contributed by atoms with van der Waals surface area (Å²) in [6.07, 6.45) is 6.11. The third-order valence-electron chi connectivity index (χ3n) is 4.14. The summed E-state index contributed by atoms with van der Waals surface area (Å²) in [4.78, 5) is 16.4. The molecule has 2 aliphatic rings. The van der Waals surface area contributed by atoms with Gasteiger partial charge < -0.3 is 15.1 Å². The average Bonchev–Trinajstić information content (AvgIpc) is 2.89. The summed E-state index contributed by atoms with van der Waals surface area (Å²) in [5, 5.41) is 2.97. The van der Waals surface area contributed by atoms with Gasteiger partial charge >= 0.3 is 6.03 Å². The zero-order valence-electron chi connectivity index (χ0n) is 11.7. The normalized spacial score (nSPS) is 22.4. The second-order valence-electron chi connectivity index (χ2n) is 5.67. The monoisotopic (exact) mass is 253 g/mol. The molecular weight excluding hydrogens is 226 g/mol. The molecule has 104 valence electrons. The Morgan fingerprint density at radius 1 is 1.17 bits per heavy atom. The standard InChI is InChI=1S/C14H27N3O/c1-2-7-15-14(18)17-10-5-13(6-11-17)12-16-8-3-4-9-16/h13H,2-12H2,1H3,(H,15,18). The smallest absolute Gasteiger partial charge is 0.317 e. The van der Waals surface area contributed by atoms with Crippen LogP contribution in [0.2, 0.25) is 0 Å². The molecule has 0 aliphatic carbocycles. The van der Waals surface area contributed by atoms with Crippen molar-refractivity contribution in [1.82, 2.24) is 15.1 Å². The molecule has 4 nitrogen and oxygen atoms in total. The highest BCUT2D eigenvalue weighted by atomic mass is 16.2. The van der Waals surface area contributed by atoms with Crippen molar-refractivity contribution in [2.75, 3.05) is 39.3 Å². The van der Waals surface area contributed by atoms with E-state index in [0.29, 0.717) is 0 Å². The molecule has 2 aliphatic heterocycles. The van der Waals surface area contributed by atoms with Gasteiger partial charge in [-0.3, -0.25) is 0 Å². The van der Waals surface area contributed by atoms with Crippen molar-refractivity contribution in [3.63, 3.8) is 0 Å². The van der Waals surface area contributed by atoms with E-state index in [1.165, 1.54) is 45.3 Å². The van der Waals surface area contributed by atoms with Gasteiger partial charge in [-0.1, -0.05) is 6.92 Å². The first-order chi connectivity index (χ1) is 8.79. The topological polar surface area (TPSA) is 35.6 Å². The van der Waals surface area contributed by atoms with E-state index < -0.39 is 0 Å². The van der Waals surface area contributed by atoms with Crippen molar-refractivity contribution in [3.8, 4) is 0 Å². The molecule has 0 saturated carbocycles. The van der Waals surface area contributed by atoms with Crippen LogP contribution >= 0.6 is 0 Å². The number of carbonyl (C=O) groups is 1. The van der Waals surface area contributed by atoms with Crippen LogP contribution in [-0.4, -0.2) is 55.1 Å². The van der Waals surface area contributed by atoms with Crippen LogP contribution in [0.3, 0.4) is 0 Å². The van der Waals surface area contributed by atoms with Gasteiger partial charge in [-0.15, -0.1) is 0 Å². The van der Waals surface area contributed by atoms with Crippen molar-refractivity contribution < 1.29 is 4.79 Å². The highest BCUT2D eigenvalue weighted by molar-refractivity contribution is 5.74. The predicted octanol–water partition coefficient (Wildman–Crippen LogP) is 1.91. The molecule has 2 rings (SSSR count). The SMILES string of the molecule is CCCNC(=O)N1CCC(CN2CCCC2)CC1. The van der Waals surface area contributed by atoms with Gasteiger partial charge in [-0.2, -0.15) is 0 Å². The summed E-state index contributed by atoms with van der Waals surface area (Å²) in [7, 11) is 0. The van der Waals surface area contributed by atoms with Crippen LogP contribution in [0.25, 0.3) is 0 Å². The van der Waals surface area contributed by atoms with Crippen LogP contribution in [0.1, 0.15) is 39.0 Å². The van der Waals surface area contributed by atoms with Crippen molar-refractivity contribution in [1.29, 1.82) is 0 Å². The predicted molar refractivity (Wildman–Crippen MR) is 73.7 cm³/mol. The van der Waals surface area contributed by atoms with E-state index in [0.717, 1.165) is 32.0 Å². The summed E-state index contributed by atoms with van der Waals surface area (Å²) < 4.78 is 0. The van der Waals surface area contributed by atoms with Gasteiger partial charge in [0.1, 0.15) is 0 Å². The Balaban J connectivity index is 1.65. The number of hydrogen-bond donors (Lipinski definition) is 1. The minimum Gasteiger partial charge on any atom is -0.338 e. The van der Waals surface area contributed by atoms with Crippen LogP contribution in [0.5, 0.6) is 0 Å². The molecule has 0 radical (unpaired) electrons. The molecule has 0 aromatic rings. The lowest BCUT2D eigenvalue weighted by molar-refractivity contribution is 0.154. The van der Waals surface area contributed by atoms with Crippen LogP contribution in [0.15, 0.2) is 0 Å². The van der Waals surface area contributed by atoms with Crippen molar-refractivity contribution in [2.24, 2.45) is 5.92 Å². The van der Waals surface area contributed by atoms with Crippen molar-refractivity contribution in [2.45, 2.75) is 39.0 Å². The minimum absolute atomic E-state index is 0.136. The molecule has 0 spiro atoms. The Labute approximate surface area is 111 Å². The van der Waals surface area contributed by atoms with Gasteiger partial charge in [0.05, 0.1) is 0 Å². The lowest BCUT2D eigenvalue weighted by atomic mass is 9.96. The number of nitrogens with one attached hydrogen (secondary N) is 1. The minimum atomic E-state index is 0.136. The molecule has 0 atom stereocenters. The second kappa shape index (κ2) is 6.98. The molecule has 4 heteroatoms. The molecule has 2 fully saturated rings. The molecular formula is C14H27N3O. The van der Waals surface area contributed by atoms with Gasteiger partial charge in [-0.25, -0.2) is 4.79 Å². The molecule has 2 heterocycles. The Morgan fingerprint density at radius 2 is 1.83 bits per heavy atom. The fraction of sp³-hybridized carbons (Fsp3) is 0.929. The largest absolute Gasteiger partial charge is 0.338 e. The number of amides is 2. The van der Waals surface area contributed by atoms with E-state index in [-0.39, 0.29) is 6.03 Å². The van der Waals surface area contributed by atoms with Gasteiger partial charge in [0.2, 0.25) is 0 Å².